The Kier molecular flexibility index (Phi) is 4.55. The summed E-state index contributed by atoms with van der Waals surface area (Å²) in [7, 11) is 0. The SMILES string of the molecule is Cc1c(COc2ccccc2C(C)N)cccc1[N+](=O)[O-]. The van der Waals surface area contributed by atoms with E-state index < -0.39 is 0 Å². The van der Waals surface area contributed by atoms with E-state index in [0.29, 0.717) is 11.3 Å². The van der Waals surface area contributed by atoms with Gasteiger partial charge in [0.1, 0.15) is 12.4 Å². The molecule has 2 rings (SSSR count). The highest BCUT2D eigenvalue weighted by molar-refractivity contribution is 5.44. The van der Waals surface area contributed by atoms with Crippen LogP contribution in [0.15, 0.2) is 42.5 Å². The molecule has 0 amide bonds. The van der Waals surface area contributed by atoms with Crippen molar-refractivity contribution in [2.24, 2.45) is 5.73 Å². The molecule has 0 aliphatic heterocycles. The summed E-state index contributed by atoms with van der Waals surface area (Å²) in [6.07, 6.45) is 0. The van der Waals surface area contributed by atoms with Gasteiger partial charge in [-0.25, -0.2) is 0 Å². The first kappa shape index (κ1) is 15.0. The molecule has 110 valence electrons. The largest absolute Gasteiger partial charge is 0.489 e. The third-order valence-electron chi connectivity index (χ3n) is 3.41. The van der Waals surface area contributed by atoms with Crippen LogP contribution < -0.4 is 10.5 Å². The molecule has 1 unspecified atom stereocenters. The van der Waals surface area contributed by atoms with Crippen molar-refractivity contribution in [2.45, 2.75) is 26.5 Å². The summed E-state index contributed by atoms with van der Waals surface area (Å²) in [4.78, 5) is 10.6. The van der Waals surface area contributed by atoms with Crippen LogP contribution in [0.1, 0.15) is 29.7 Å². The number of rotatable bonds is 5. The molecule has 0 spiro atoms. The van der Waals surface area contributed by atoms with Crippen molar-refractivity contribution in [3.05, 3.63) is 69.3 Å². The van der Waals surface area contributed by atoms with Crippen molar-refractivity contribution < 1.29 is 9.66 Å². The number of nitro benzene ring substituents is 1. The van der Waals surface area contributed by atoms with Crippen LogP contribution in [0.25, 0.3) is 0 Å². The van der Waals surface area contributed by atoms with Gasteiger partial charge in [0.25, 0.3) is 5.69 Å². The normalized spacial score (nSPS) is 12.0. The molecule has 5 heteroatoms. The number of nitro groups is 1. The molecule has 0 heterocycles. The van der Waals surface area contributed by atoms with Gasteiger partial charge < -0.3 is 10.5 Å². The molecule has 0 aromatic heterocycles. The topological polar surface area (TPSA) is 78.4 Å². The third-order valence-corrected chi connectivity index (χ3v) is 3.41. The summed E-state index contributed by atoms with van der Waals surface area (Å²) in [5, 5.41) is 10.9. The van der Waals surface area contributed by atoms with E-state index in [9.17, 15) is 10.1 Å². The Balaban J connectivity index is 2.21. The van der Waals surface area contributed by atoms with Gasteiger partial charge >= 0.3 is 0 Å². The van der Waals surface area contributed by atoms with E-state index in [1.807, 2.05) is 37.3 Å². The summed E-state index contributed by atoms with van der Waals surface area (Å²) in [5.41, 5.74) is 8.35. The van der Waals surface area contributed by atoms with E-state index in [1.54, 1.807) is 13.0 Å². The zero-order valence-corrected chi connectivity index (χ0v) is 12.1. The fourth-order valence-corrected chi connectivity index (χ4v) is 2.17. The molecule has 0 aliphatic carbocycles. The van der Waals surface area contributed by atoms with Crippen LogP contribution in [-0.2, 0) is 6.61 Å². The highest BCUT2D eigenvalue weighted by atomic mass is 16.6. The molecule has 1 atom stereocenters. The molecular weight excluding hydrogens is 268 g/mol. The third kappa shape index (κ3) is 3.38. The molecule has 0 saturated carbocycles. The van der Waals surface area contributed by atoms with E-state index in [2.05, 4.69) is 0 Å². The van der Waals surface area contributed by atoms with Crippen LogP contribution >= 0.6 is 0 Å². The highest BCUT2D eigenvalue weighted by Crippen LogP contribution is 2.26. The second-order valence-electron chi connectivity index (χ2n) is 4.93. The zero-order chi connectivity index (χ0) is 15.4. The number of nitrogens with zero attached hydrogens (tertiary/aromatic N) is 1. The molecule has 0 bridgehead atoms. The lowest BCUT2D eigenvalue weighted by molar-refractivity contribution is -0.385. The van der Waals surface area contributed by atoms with Crippen LogP contribution in [0.2, 0.25) is 0 Å². The van der Waals surface area contributed by atoms with Gasteiger partial charge in [0.05, 0.1) is 4.92 Å². The maximum Gasteiger partial charge on any atom is 0.272 e. The number of para-hydroxylation sites is 1. The lowest BCUT2D eigenvalue weighted by Gasteiger charge is -2.14. The van der Waals surface area contributed by atoms with Crippen molar-refractivity contribution in [1.29, 1.82) is 0 Å². The summed E-state index contributed by atoms with van der Waals surface area (Å²) in [6.45, 7) is 3.90. The monoisotopic (exact) mass is 286 g/mol. The van der Waals surface area contributed by atoms with Gasteiger partial charge in [-0.05, 0) is 25.5 Å². The van der Waals surface area contributed by atoms with Crippen LogP contribution in [-0.4, -0.2) is 4.92 Å². The number of ether oxygens (including phenoxy) is 1. The first-order valence-electron chi connectivity index (χ1n) is 6.71. The van der Waals surface area contributed by atoms with Crippen LogP contribution in [0.5, 0.6) is 5.75 Å². The second kappa shape index (κ2) is 6.37. The van der Waals surface area contributed by atoms with Gasteiger partial charge in [0.2, 0.25) is 0 Å². The molecule has 5 nitrogen and oxygen atoms in total. The van der Waals surface area contributed by atoms with Crippen molar-refractivity contribution in [1.82, 2.24) is 0 Å². The van der Waals surface area contributed by atoms with Crippen LogP contribution in [0, 0.1) is 17.0 Å². The summed E-state index contributed by atoms with van der Waals surface area (Å²) in [6, 6.07) is 12.4. The van der Waals surface area contributed by atoms with Crippen molar-refractivity contribution in [3.8, 4) is 5.75 Å². The van der Waals surface area contributed by atoms with E-state index in [1.165, 1.54) is 6.07 Å². The van der Waals surface area contributed by atoms with Gasteiger partial charge in [0.15, 0.2) is 0 Å². The van der Waals surface area contributed by atoms with E-state index in [0.717, 1.165) is 11.1 Å². The summed E-state index contributed by atoms with van der Waals surface area (Å²) in [5.74, 6) is 0.707. The highest BCUT2D eigenvalue weighted by Gasteiger charge is 2.14. The number of hydrogen-bond acceptors (Lipinski definition) is 4. The molecular formula is C16H18N2O3. The minimum atomic E-state index is -0.380. The lowest BCUT2D eigenvalue weighted by atomic mass is 10.1. The maximum absolute atomic E-state index is 10.9. The Morgan fingerprint density at radius 1 is 1.24 bits per heavy atom. The summed E-state index contributed by atoms with van der Waals surface area (Å²) >= 11 is 0. The Labute approximate surface area is 123 Å². The number of nitrogens with two attached hydrogens (primary N) is 1. The molecule has 0 radical (unpaired) electrons. The van der Waals surface area contributed by atoms with Gasteiger partial charge in [-0.15, -0.1) is 0 Å². The van der Waals surface area contributed by atoms with Gasteiger partial charge in [-0.1, -0.05) is 30.3 Å². The molecule has 2 N–H and O–H groups in total. The van der Waals surface area contributed by atoms with Crippen molar-refractivity contribution in [3.63, 3.8) is 0 Å². The van der Waals surface area contributed by atoms with Crippen LogP contribution in [0.3, 0.4) is 0 Å². The van der Waals surface area contributed by atoms with Crippen LogP contribution in [0.4, 0.5) is 5.69 Å². The maximum atomic E-state index is 10.9. The molecule has 21 heavy (non-hydrogen) atoms. The minimum absolute atomic E-state index is 0.108. The van der Waals surface area contributed by atoms with Gasteiger partial charge in [0, 0.05) is 23.2 Å². The first-order chi connectivity index (χ1) is 10.0. The second-order valence-corrected chi connectivity index (χ2v) is 4.93. The average molecular weight is 286 g/mol. The van der Waals surface area contributed by atoms with Crippen molar-refractivity contribution >= 4 is 5.69 Å². The average Bonchev–Trinajstić information content (AvgIpc) is 2.46. The Morgan fingerprint density at radius 2 is 1.95 bits per heavy atom. The van der Waals surface area contributed by atoms with Gasteiger partial charge in [-0.3, -0.25) is 10.1 Å². The molecule has 0 fully saturated rings. The quantitative estimate of drug-likeness (QED) is 0.674. The van der Waals surface area contributed by atoms with E-state index >= 15 is 0 Å². The Hall–Kier alpha value is -2.40. The zero-order valence-electron chi connectivity index (χ0n) is 12.1. The van der Waals surface area contributed by atoms with E-state index in [-0.39, 0.29) is 23.3 Å². The summed E-state index contributed by atoms with van der Waals surface area (Å²) < 4.78 is 5.80. The van der Waals surface area contributed by atoms with E-state index in [4.69, 9.17) is 10.5 Å². The fourth-order valence-electron chi connectivity index (χ4n) is 2.17. The standard InChI is InChI=1S/C16H18N2O3/c1-11-13(6-5-8-15(11)18(19)20)10-21-16-9-4-3-7-14(16)12(2)17/h3-9,12H,10,17H2,1-2H3. The lowest BCUT2D eigenvalue weighted by Crippen LogP contribution is -2.08. The van der Waals surface area contributed by atoms with Crippen molar-refractivity contribution in [2.75, 3.05) is 0 Å². The Morgan fingerprint density at radius 3 is 2.62 bits per heavy atom. The van der Waals surface area contributed by atoms with Gasteiger partial charge in [-0.2, -0.15) is 0 Å². The number of hydrogen-bond donors (Lipinski definition) is 1. The predicted octanol–water partition coefficient (Wildman–Crippen LogP) is 3.50. The first-order valence-corrected chi connectivity index (χ1v) is 6.71. The molecule has 2 aromatic rings. The molecule has 0 aliphatic rings. The molecule has 2 aromatic carbocycles. The molecule has 0 saturated heterocycles. The smallest absolute Gasteiger partial charge is 0.272 e. The minimum Gasteiger partial charge on any atom is -0.489 e. The predicted molar refractivity (Wildman–Crippen MR) is 81.2 cm³/mol. The Bertz CT molecular complexity index is 654. The fraction of sp³-hybridized carbons (Fsp3) is 0.250. The number of benzene rings is 2.